The van der Waals surface area contributed by atoms with Crippen LogP contribution in [0.3, 0.4) is 0 Å². The summed E-state index contributed by atoms with van der Waals surface area (Å²) in [5, 5.41) is 33.0. The number of aromatic nitrogens is 2. The van der Waals surface area contributed by atoms with Crippen LogP contribution < -0.4 is 10.7 Å². The van der Waals surface area contributed by atoms with E-state index in [-0.39, 0.29) is 22.1 Å². The number of rotatable bonds is 5. The second kappa shape index (κ2) is 10.3. The molecule has 10 nitrogen and oxygen atoms in total. The Morgan fingerprint density at radius 2 is 0.821 bits per heavy atom. The van der Waals surface area contributed by atoms with Crippen LogP contribution in [-0.4, -0.2) is 58.0 Å². The van der Waals surface area contributed by atoms with E-state index in [2.05, 4.69) is 66.9 Å². The Morgan fingerprint density at radius 3 is 1.21 bits per heavy atom. The third kappa shape index (κ3) is 3.70. The lowest BCUT2D eigenvalue weighted by molar-refractivity contribution is -0.834. The number of nitrogens with zero attached hydrogens (tertiary/aromatic N) is 4. The lowest BCUT2D eigenvalue weighted by Gasteiger charge is -2.41. The predicted octanol–water partition coefficient (Wildman–Crippen LogP) is 4.79. The average Bonchev–Trinajstić information content (AvgIpc) is 4.02. The number of phenolic OH excluding ortho intramolecular Hbond substituents is 3. The van der Waals surface area contributed by atoms with Crippen LogP contribution in [0.2, 0.25) is 0 Å². The van der Waals surface area contributed by atoms with Crippen molar-refractivity contribution in [2.75, 3.05) is 0 Å². The normalized spacial score (nSPS) is 19.4. The van der Waals surface area contributed by atoms with Crippen molar-refractivity contribution >= 4 is 43.8 Å². The van der Waals surface area contributed by atoms with Gasteiger partial charge in [0.1, 0.15) is 17.2 Å². The highest BCUT2D eigenvalue weighted by Gasteiger charge is 2.72. The van der Waals surface area contributed by atoms with Gasteiger partial charge in [0.2, 0.25) is 22.8 Å². The Balaban J connectivity index is 1.30. The molecule has 6 aliphatic rings. The Hall–Kier alpha value is -7.21. The number of hydrogen-bond acceptors (Lipinski definition) is 5. The second-order valence-corrected chi connectivity index (χ2v) is 15.9. The van der Waals surface area contributed by atoms with Crippen LogP contribution in [-0.2, 0) is 16.0 Å². The monoisotopic (exact) mass is 752 g/mol. The topological polar surface area (TPSA) is 131 Å². The third-order valence-corrected chi connectivity index (χ3v) is 12.5. The van der Waals surface area contributed by atoms with E-state index in [4.69, 9.17) is 0 Å². The molecule has 268 valence electrons. The van der Waals surface area contributed by atoms with E-state index in [0.717, 1.165) is 89.4 Å². The Morgan fingerprint density at radius 1 is 0.446 bits per heavy atom. The summed E-state index contributed by atoms with van der Waals surface area (Å²) in [6.07, 6.45) is 8.55. The lowest BCUT2D eigenvalue weighted by Crippen LogP contribution is -2.71. The highest BCUT2D eigenvalue weighted by Crippen LogP contribution is 2.53. The largest absolute Gasteiger partial charge is 0.553 e. The van der Waals surface area contributed by atoms with Crippen molar-refractivity contribution in [3.05, 3.63) is 201 Å². The molecule has 0 saturated carbocycles. The second-order valence-electron chi connectivity index (χ2n) is 14.5. The van der Waals surface area contributed by atoms with Crippen LogP contribution in [0.15, 0.2) is 162 Å². The van der Waals surface area contributed by atoms with Gasteiger partial charge in [0.25, 0.3) is 10.1 Å². The highest BCUT2D eigenvalue weighted by atomic mass is 32.2. The van der Waals surface area contributed by atoms with E-state index in [9.17, 15) is 28.3 Å². The Labute approximate surface area is 318 Å². The first kappa shape index (κ1) is 31.2. The molecular formula is C45H28N4O6S+2. The van der Waals surface area contributed by atoms with Crippen molar-refractivity contribution in [1.82, 2.24) is 9.13 Å². The van der Waals surface area contributed by atoms with E-state index < -0.39 is 16.0 Å². The molecule has 0 fully saturated rings. The first-order valence-corrected chi connectivity index (χ1v) is 19.4. The summed E-state index contributed by atoms with van der Waals surface area (Å²) in [5.74, 6) is -0.569. The van der Waals surface area contributed by atoms with Crippen molar-refractivity contribution in [3.8, 4) is 17.2 Å². The predicted molar refractivity (Wildman–Crippen MR) is 208 cm³/mol. The van der Waals surface area contributed by atoms with Gasteiger partial charge in [-0.05, 0) is 95.1 Å². The average molecular weight is 753 g/mol. The molecule has 11 heteroatoms. The van der Waals surface area contributed by atoms with Crippen LogP contribution in [0.25, 0.3) is 22.3 Å². The van der Waals surface area contributed by atoms with Crippen molar-refractivity contribution in [3.63, 3.8) is 0 Å². The minimum atomic E-state index is -4.42. The molecule has 1 unspecified atom stereocenters. The standard InChI is InChI=1S/C45H26N4O6S/c50-29-9-1-25(2-10-29)41-33-17-19-35-42(26-3-11-30(51)12-4-26)37-21-23-39-44(28-7-15-32(16-8-28)56(53,54)55)40-24-22-38-43(27-5-13-31(52)14-6-27)36-20-18-34(41)47(36)45(46(33)35,48(37)39)49(38)40/h1-24H,(H2,51,52,53,54,55)/p+2. The molecule has 4 N–H and O–H groups in total. The summed E-state index contributed by atoms with van der Waals surface area (Å²) in [6.45, 7) is 0. The molecule has 4 aromatic carbocycles. The van der Waals surface area contributed by atoms with E-state index in [1.54, 1.807) is 48.5 Å². The first-order valence-electron chi connectivity index (χ1n) is 18.0. The van der Waals surface area contributed by atoms with E-state index in [1.807, 2.05) is 36.4 Å². The number of hydrogen-bond donors (Lipinski definition) is 4. The quantitative estimate of drug-likeness (QED) is 0.148. The van der Waals surface area contributed by atoms with Gasteiger partial charge in [-0.25, -0.2) is 0 Å². The van der Waals surface area contributed by atoms with Gasteiger partial charge in [0.05, 0.1) is 49.3 Å². The zero-order chi connectivity index (χ0) is 37.8. The molecule has 8 heterocycles. The zero-order valence-electron chi connectivity index (χ0n) is 29.2. The van der Waals surface area contributed by atoms with Crippen LogP contribution in [0.1, 0.15) is 33.6 Å². The number of aromatic hydroxyl groups is 3. The van der Waals surface area contributed by atoms with Gasteiger partial charge in [-0.15, -0.1) is 0 Å². The van der Waals surface area contributed by atoms with Crippen molar-refractivity contribution in [2.24, 2.45) is 0 Å². The SMILES string of the molecule is O=S(=O)(O)c1ccc(C2=C3C=CC4=[N+]3C35n6c(ccc62)C(c2ccc(O)cc2)=C2C=CC(=[N+]23)C(c2ccc(O)cc2)=c2ccc(n25)=C4c2ccc(O)cc2)cc1. The third-order valence-electron chi connectivity index (χ3n) is 11.7. The maximum Gasteiger partial charge on any atom is 0.553 e. The molecule has 1 atom stereocenters. The fourth-order valence-electron chi connectivity index (χ4n) is 9.59. The molecule has 0 saturated heterocycles. The van der Waals surface area contributed by atoms with E-state index in [1.165, 1.54) is 12.1 Å². The number of allylic oxidation sites excluding steroid dienone is 4. The molecule has 0 amide bonds. The van der Waals surface area contributed by atoms with Crippen LogP contribution >= 0.6 is 0 Å². The van der Waals surface area contributed by atoms with E-state index >= 15 is 0 Å². The zero-order valence-corrected chi connectivity index (χ0v) is 30.0. The summed E-state index contributed by atoms with van der Waals surface area (Å²) < 4.78 is 43.6. The van der Waals surface area contributed by atoms with Crippen LogP contribution in [0, 0.1) is 0 Å². The molecule has 1 spiro atoms. The summed E-state index contributed by atoms with van der Waals surface area (Å²) in [6, 6.07) is 36.6. The van der Waals surface area contributed by atoms with Crippen molar-refractivity contribution in [1.29, 1.82) is 0 Å². The van der Waals surface area contributed by atoms with E-state index in [0.29, 0.717) is 0 Å². The van der Waals surface area contributed by atoms with Gasteiger partial charge in [-0.3, -0.25) is 4.55 Å². The molecule has 0 bridgehead atoms. The van der Waals surface area contributed by atoms with Crippen LogP contribution in [0.4, 0.5) is 0 Å². The van der Waals surface area contributed by atoms with Gasteiger partial charge in [-0.2, -0.15) is 17.6 Å². The summed E-state index contributed by atoms with van der Waals surface area (Å²) in [7, 11) is -4.42. The summed E-state index contributed by atoms with van der Waals surface area (Å²) >= 11 is 0. The van der Waals surface area contributed by atoms with Gasteiger partial charge in [0.15, 0.2) is 0 Å². The molecular weight excluding hydrogens is 725 g/mol. The van der Waals surface area contributed by atoms with Crippen molar-refractivity contribution < 1.29 is 37.4 Å². The molecule has 6 aromatic rings. The maximum absolute atomic E-state index is 12.1. The summed E-state index contributed by atoms with van der Waals surface area (Å²) in [4.78, 5) is -0.192. The maximum atomic E-state index is 12.1. The van der Waals surface area contributed by atoms with Crippen LogP contribution in [0.5, 0.6) is 17.2 Å². The smallest absolute Gasteiger partial charge is 0.508 e. The Kier molecular flexibility index (Phi) is 5.73. The molecule has 0 aliphatic carbocycles. The van der Waals surface area contributed by atoms with Gasteiger partial charge >= 0.3 is 5.91 Å². The first-order chi connectivity index (χ1) is 27.1. The molecule has 12 rings (SSSR count). The van der Waals surface area contributed by atoms with Crippen molar-refractivity contribution in [2.45, 2.75) is 10.8 Å². The molecule has 6 aliphatic heterocycles. The molecule has 56 heavy (non-hydrogen) atoms. The fourth-order valence-corrected chi connectivity index (χ4v) is 10.1. The minimum absolute atomic E-state index is 0.163. The van der Waals surface area contributed by atoms with Gasteiger partial charge in [-0.1, -0.05) is 57.7 Å². The lowest BCUT2D eigenvalue weighted by atomic mass is 9.93. The summed E-state index contributed by atoms with van der Waals surface area (Å²) in [5.41, 5.74) is 12.9. The minimum Gasteiger partial charge on any atom is -0.508 e. The number of phenols is 3. The molecule has 0 radical (unpaired) electrons. The van der Waals surface area contributed by atoms with Gasteiger partial charge < -0.3 is 15.3 Å². The number of benzene rings is 4. The Bertz CT molecular complexity index is 3300. The van der Waals surface area contributed by atoms with Gasteiger partial charge in [0, 0.05) is 24.3 Å². The molecule has 2 aromatic heterocycles. The fraction of sp³-hybridized carbons (Fsp3) is 0.0222. The highest BCUT2D eigenvalue weighted by molar-refractivity contribution is 7.85.